The molecule has 2 aromatic carbocycles. The van der Waals surface area contributed by atoms with Crippen molar-refractivity contribution in [2.75, 3.05) is 24.7 Å². The van der Waals surface area contributed by atoms with Gasteiger partial charge in [0.25, 0.3) is 0 Å². The normalized spacial score (nSPS) is 11.4. The number of carbonyl (C=O) groups is 1. The Morgan fingerprint density at radius 3 is 2.37 bits per heavy atom. The van der Waals surface area contributed by atoms with Gasteiger partial charge in [-0.1, -0.05) is 12.1 Å². The number of nitrogens with two attached hydrogens (primary N) is 2. The number of ether oxygens (including phenoxy) is 3. The molecule has 0 radical (unpaired) electrons. The van der Waals surface area contributed by atoms with Gasteiger partial charge in [0.1, 0.15) is 24.7 Å². The minimum absolute atomic E-state index is 0.00858. The number of alkyl halides is 3. The summed E-state index contributed by atoms with van der Waals surface area (Å²) in [5, 5.41) is 0. The maximum absolute atomic E-state index is 12.1. The van der Waals surface area contributed by atoms with Crippen LogP contribution in [0, 0.1) is 0 Å². The average molecular weight is 382 g/mol. The standard InChI is InChI=1S/C18H17F3N2O4/c19-18(20,21)27-14-5-1-12(2-6-14)3-8-17(24)26-10-9-25-16-7-4-13(22)11-15(16)23/h1-8,11H,9-10,22-23H2. The van der Waals surface area contributed by atoms with Gasteiger partial charge in [-0.15, -0.1) is 13.2 Å². The quantitative estimate of drug-likeness (QED) is 0.330. The summed E-state index contributed by atoms with van der Waals surface area (Å²) in [5.41, 5.74) is 12.7. The zero-order valence-corrected chi connectivity index (χ0v) is 14.0. The molecule has 0 amide bonds. The van der Waals surface area contributed by atoms with Crippen LogP contribution in [0.15, 0.2) is 48.5 Å². The van der Waals surface area contributed by atoms with Crippen molar-refractivity contribution in [1.29, 1.82) is 0 Å². The summed E-state index contributed by atoms with van der Waals surface area (Å²) in [6, 6.07) is 9.82. The zero-order valence-electron chi connectivity index (χ0n) is 14.0. The molecule has 0 aliphatic heterocycles. The molecule has 144 valence electrons. The molecule has 0 bridgehead atoms. The molecule has 0 unspecified atom stereocenters. The molecule has 2 aromatic rings. The van der Waals surface area contributed by atoms with Crippen LogP contribution in [0.25, 0.3) is 6.08 Å². The van der Waals surface area contributed by atoms with Gasteiger partial charge < -0.3 is 25.7 Å². The van der Waals surface area contributed by atoms with Crippen molar-refractivity contribution in [1.82, 2.24) is 0 Å². The highest BCUT2D eigenvalue weighted by molar-refractivity contribution is 5.87. The van der Waals surface area contributed by atoms with Crippen molar-refractivity contribution >= 4 is 23.4 Å². The van der Waals surface area contributed by atoms with Gasteiger partial charge in [-0.25, -0.2) is 4.79 Å². The molecule has 0 aliphatic carbocycles. The Hall–Kier alpha value is -3.36. The van der Waals surface area contributed by atoms with Crippen molar-refractivity contribution < 1.29 is 32.2 Å². The molecule has 0 fully saturated rings. The lowest BCUT2D eigenvalue weighted by Gasteiger charge is -2.09. The van der Waals surface area contributed by atoms with Crippen LogP contribution in [0.5, 0.6) is 11.5 Å². The second kappa shape index (κ2) is 8.84. The highest BCUT2D eigenvalue weighted by Gasteiger charge is 2.30. The monoisotopic (exact) mass is 382 g/mol. The van der Waals surface area contributed by atoms with Crippen LogP contribution in [0.4, 0.5) is 24.5 Å². The fourth-order valence-corrected chi connectivity index (χ4v) is 1.99. The number of rotatable bonds is 7. The second-order valence-electron chi connectivity index (χ2n) is 5.26. The smallest absolute Gasteiger partial charge is 0.488 e. The number of carbonyl (C=O) groups excluding carboxylic acids is 1. The van der Waals surface area contributed by atoms with Crippen LogP contribution in [0.3, 0.4) is 0 Å². The zero-order chi connectivity index (χ0) is 19.9. The van der Waals surface area contributed by atoms with Gasteiger partial charge in [-0.2, -0.15) is 0 Å². The molecule has 4 N–H and O–H groups in total. The van der Waals surface area contributed by atoms with Crippen molar-refractivity contribution in [2.24, 2.45) is 0 Å². The molecular weight excluding hydrogens is 365 g/mol. The average Bonchev–Trinajstić information content (AvgIpc) is 2.58. The van der Waals surface area contributed by atoms with Gasteiger partial charge >= 0.3 is 12.3 Å². The number of hydrogen-bond acceptors (Lipinski definition) is 6. The summed E-state index contributed by atoms with van der Waals surface area (Å²) >= 11 is 0. The SMILES string of the molecule is Nc1ccc(OCCOC(=O)C=Cc2ccc(OC(F)(F)F)cc2)c(N)c1. The molecule has 0 saturated carbocycles. The van der Waals surface area contributed by atoms with Crippen LogP contribution >= 0.6 is 0 Å². The lowest BCUT2D eigenvalue weighted by Crippen LogP contribution is -2.16. The third kappa shape index (κ3) is 7.18. The first-order chi connectivity index (χ1) is 12.7. The summed E-state index contributed by atoms with van der Waals surface area (Å²) in [7, 11) is 0. The molecular formula is C18H17F3N2O4. The molecule has 0 atom stereocenters. The molecule has 0 heterocycles. The summed E-state index contributed by atoms with van der Waals surface area (Å²) in [5.74, 6) is -0.544. The van der Waals surface area contributed by atoms with Crippen LogP contribution in [0.2, 0.25) is 0 Å². The van der Waals surface area contributed by atoms with Crippen LogP contribution in [-0.2, 0) is 9.53 Å². The maximum Gasteiger partial charge on any atom is 0.573 e. The van der Waals surface area contributed by atoms with E-state index in [1.165, 1.54) is 18.2 Å². The van der Waals surface area contributed by atoms with Crippen LogP contribution in [0.1, 0.15) is 5.56 Å². The Morgan fingerprint density at radius 1 is 1.04 bits per heavy atom. The van der Waals surface area contributed by atoms with Gasteiger partial charge in [0, 0.05) is 11.8 Å². The minimum atomic E-state index is -4.75. The van der Waals surface area contributed by atoms with E-state index in [0.29, 0.717) is 22.7 Å². The fourth-order valence-electron chi connectivity index (χ4n) is 1.99. The third-order valence-electron chi connectivity index (χ3n) is 3.14. The molecule has 27 heavy (non-hydrogen) atoms. The van der Waals surface area contributed by atoms with E-state index in [9.17, 15) is 18.0 Å². The molecule has 0 aliphatic rings. The lowest BCUT2D eigenvalue weighted by molar-refractivity contribution is -0.274. The van der Waals surface area contributed by atoms with Crippen molar-refractivity contribution in [2.45, 2.75) is 6.36 Å². The summed E-state index contributed by atoms with van der Waals surface area (Å²) in [6.07, 6.45) is -2.20. The molecule has 2 rings (SSSR count). The molecule has 9 heteroatoms. The lowest BCUT2D eigenvalue weighted by atomic mass is 10.2. The minimum Gasteiger partial charge on any atom is -0.488 e. The van der Waals surface area contributed by atoms with E-state index in [0.717, 1.165) is 18.2 Å². The number of nitrogen functional groups attached to an aromatic ring is 2. The van der Waals surface area contributed by atoms with Gasteiger partial charge in [0.15, 0.2) is 0 Å². The Balaban J connectivity index is 1.75. The van der Waals surface area contributed by atoms with E-state index in [2.05, 4.69) is 4.74 Å². The second-order valence-corrected chi connectivity index (χ2v) is 5.26. The van der Waals surface area contributed by atoms with Crippen molar-refractivity contribution in [3.8, 4) is 11.5 Å². The molecule has 0 aromatic heterocycles. The first-order valence-electron chi connectivity index (χ1n) is 7.71. The maximum atomic E-state index is 12.1. The van der Waals surface area contributed by atoms with Gasteiger partial charge in [-0.3, -0.25) is 0 Å². The van der Waals surface area contributed by atoms with Gasteiger partial charge in [0.2, 0.25) is 0 Å². The predicted molar refractivity (Wildman–Crippen MR) is 93.9 cm³/mol. The number of anilines is 2. The molecule has 0 spiro atoms. The number of esters is 1. The number of halogens is 3. The highest BCUT2D eigenvalue weighted by atomic mass is 19.4. The number of benzene rings is 2. The van der Waals surface area contributed by atoms with E-state index in [4.69, 9.17) is 20.9 Å². The largest absolute Gasteiger partial charge is 0.573 e. The first kappa shape index (κ1) is 20.0. The predicted octanol–water partition coefficient (Wildman–Crippen LogP) is 3.39. The Morgan fingerprint density at radius 2 is 1.74 bits per heavy atom. The summed E-state index contributed by atoms with van der Waals surface area (Å²) < 4.78 is 50.3. The molecule has 6 nitrogen and oxygen atoms in total. The topological polar surface area (TPSA) is 96.8 Å². The van der Waals surface area contributed by atoms with Gasteiger partial charge in [0.05, 0.1) is 5.69 Å². The van der Waals surface area contributed by atoms with Crippen molar-refractivity contribution in [3.63, 3.8) is 0 Å². The van der Waals surface area contributed by atoms with Gasteiger partial charge in [-0.05, 0) is 42.0 Å². The molecule has 0 saturated heterocycles. The van der Waals surface area contributed by atoms with Crippen LogP contribution < -0.4 is 20.9 Å². The Labute approximate surface area is 153 Å². The summed E-state index contributed by atoms with van der Waals surface area (Å²) in [4.78, 5) is 11.6. The van der Waals surface area contributed by atoms with E-state index >= 15 is 0 Å². The number of hydrogen-bond donors (Lipinski definition) is 2. The third-order valence-corrected chi connectivity index (χ3v) is 3.14. The van der Waals surface area contributed by atoms with E-state index in [1.807, 2.05) is 0 Å². The summed E-state index contributed by atoms with van der Waals surface area (Å²) in [6.45, 7) is 0.0858. The first-order valence-corrected chi connectivity index (χ1v) is 7.71. The van der Waals surface area contributed by atoms with Crippen molar-refractivity contribution in [3.05, 3.63) is 54.1 Å². The van der Waals surface area contributed by atoms with E-state index in [1.54, 1.807) is 18.2 Å². The fraction of sp³-hybridized carbons (Fsp3) is 0.167. The van der Waals surface area contributed by atoms with Crippen LogP contribution in [-0.4, -0.2) is 25.5 Å². The Kier molecular flexibility index (Phi) is 6.53. The van der Waals surface area contributed by atoms with E-state index in [-0.39, 0.29) is 19.0 Å². The van der Waals surface area contributed by atoms with E-state index < -0.39 is 12.3 Å². The highest BCUT2D eigenvalue weighted by Crippen LogP contribution is 2.24. The Bertz CT molecular complexity index is 805.